The smallest absolute Gasteiger partial charge is 0.00210 e. The molecule has 0 aromatic heterocycles. The monoisotopic (exact) mass is 226 g/mol. The van der Waals surface area contributed by atoms with Crippen LogP contribution in [0.1, 0.15) is 33.1 Å². The Balaban J connectivity index is 2.86. The standard InChI is InChI=1S/C7H15I/c1-3-4-5-7(2)6-8/h7H,3-6H2,1-2H3/t7-/m1/s1. The third-order valence-electron chi connectivity index (χ3n) is 1.31. The maximum absolute atomic E-state index is 2.45. The van der Waals surface area contributed by atoms with Gasteiger partial charge in [0, 0.05) is 4.43 Å². The highest BCUT2D eigenvalue weighted by Crippen LogP contribution is 2.09. The Bertz CT molecular complexity index is 43.7. The first-order valence-corrected chi connectivity index (χ1v) is 4.89. The Morgan fingerprint density at radius 1 is 1.50 bits per heavy atom. The van der Waals surface area contributed by atoms with Crippen molar-refractivity contribution in [2.75, 3.05) is 4.43 Å². The van der Waals surface area contributed by atoms with Crippen LogP contribution in [0.15, 0.2) is 0 Å². The molecular formula is C7H15I. The molecule has 0 heterocycles. The zero-order valence-electron chi connectivity index (χ0n) is 5.78. The van der Waals surface area contributed by atoms with Crippen LogP contribution in [-0.4, -0.2) is 4.43 Å². The average Bonchev–Trinajstić information content (AvgIpc) is 1.83. The zero-order chi connectivity index (χ0) is 6.41. The van der Waals surface area contributed by atoms with Crippen molar-refractivity contribution in [2.45, 2.75) is 33.1 Å². The summed E-state index contributed by atoms with van der Waals surface area (Å²) in [5.74, 6) is 0.940. The molecule has 0 N–H and O–H groups in total. The third kappa shape index (κ3) is 4.88. The van der Waals surface area contributed by atoms with Crippen molar-refractivity contribution in [3.63, 3.8) is 0 Å². The third-order valence-corrected chi connectivity index (χ3v) is 2.82. The molecule has 0 nitrogen and oxygen atoms in total. The Kier molecular flexibility index (Phi) is 6.39. The van der Waals surface area contributed by atoms with E-state index in [1.165, 1.54) is 23.7 Å². The summed E-state index contributed by atoms with van der Waals surface area (Å²) in [6.45, 7) is 4.57. The maximum atomic E-state index is 2.45. The minimum absolute atomic E-state index is 0.940. The van der Waals surface area contributed by atoms with Crippen LogP contribution in [0.5, 0.6) is 0 Å². The Morgan fingerprint density at radius 2 is 2.12 bits per heavy atom. The van der Waals surface area contributed by atoms with Crippen molar-refractivity contribution >= 4 is 22.6 Å². The summed E-state index contributed by atoms with van der Waals surface area (Å²) in [7, 11) is 0. The summed E-state index contributed by atoms with van der Waals surface area (Å²) in [6, 6.07) is 0. The predicted octanol–water partition coefficient (Wildman–Crippen LogP) is 3.25. The Labute approximate surface area is 66.2 Å². The van der Waals surface area contributed by atoms with Crippen LogP contribution < -0.4 is 0 Å². The fourth-order valence-electron chi connectivity index (χ4n) is 0.630. The van der Waals surface area contributed by atoms with Gasteiger partial charge in [-0.3, -0.25) is 0 Å². The summed E-state index contributed by atoms with van der Waals surface area (Å²) in [5.41, 5.74) is 0. The van der Waals surface area contributed by atoms with E-state index in [0.29, 0.717) is 0 Å². The Morgan fingerprint density at radius 3 is 2.50 bits per heavy atom. The van der Waals surface area contributed by atoms with Gasteiger partial charge in [-0.15, -0.1) is 0 Å². The minimum atomic E-state index is 0.940. The van der Waals surface area contributed by atoms with E-state index in [1.807, 2.05) is 0 Å². The lowest BCUT2D eigenvalue weighted by Crippen LogP contribution is -1.93. The summed E-state index contributed by atoms with van der Waals surface area (Å²) >= 11 is 2.45. The topological polar surface area (TPSA) is 0 Å². The molecule has 8 heavy (non-hydrogen) atoms. The van der Waals surface area contributed by atoms with Gasteiger partial charge in [-0.1, -0.05) is 49.3 Å². The van der Waals surface area contributed by atoms with E-state index in [-0.39, 0.29) is 0 Å². The molecule has 0 radical (unpaired) electrons. The van der Waals surface area contributed by atoms with Gasteiger partial charge in [0.05, 0.1) is 0 Å². The van der Waals surface area contributed by atoms with Crippen molar-refractivity contribution in [1.82, 2.24) is 0 Å². The van der Waals surface area contributed by atoms with Crippen LogP contribution in [0.2, 0.25) is 0 Å². The molecular weight excluding hydrogens is 211 g/mol. The lowest BCUT2D eigenvalue weighted by molar-refractivity contribution is 0.564. The van der Waals surface area contributed by atoms with Gasteiger partial charge in [0.2, 0.25) is 0 Å². The molecule has 0 aliphatic rings. The van der Waals surface area contributed by atoms with Crippen LogP contribution in [0, 0.1) is 5.92 Å². The molecule has 0 aliphatic carbocycles. The van der Waals surface area contributed by atoms with E-state index in [1.54, 1.807) is 0 Å². The molecule has 0 fully saturated rings. The molecule has 0 spiro atoms. The fourth-order valence-corrected chi connectivity index (χ4v) is 1.07. The van der Waals surface area contributed by atoms with Crippen LogP contribution in [0.25, 0.3) is 0 Å². The van der Waals surface area contributed by atoms with E-state index in [0.717, 1.165) is 5.92 Å². The number of hydrogen-bond donors (Lipinski definition) is 0. The average molecular weight is 226 g/mol. The first-order chi connectivity index (χ1) is 3.81. The SMILES string of the molecule is CCCC[C@@H](C)CI. The van der Waals surface area contributed by atoms with Gasteiger partial charge >= 0.3 is 0 Å². The van der Waals surface area contributed by atoms with Gasteiger partial charge in [0.15, 0.2) is 0 Å². The first kappa shape index (κ1) is 8.73. The van der Waals surface area contributed by atoms with Crippen molar-refractivity contribution in [3.05, 3.63) is 0 Å². The molecule has 1 heteroatoms. The van der Waals surface area contributed by atoms with Crippen molar-refractivity contribution in [3.8, 4) is 0 Å². The molecule has 0 aliphatic heterocycles. The molecule has 0 saturated heterocycles. The molecule has 0 aromatic rings. The van der Waals surface area contributed by atoms with E-state index in [2.05, 4.69) is 36.4 Å². The number of hydrogen-bond acceptors (Lipinski definition) is 0. The normalized spacial score (nSPS) is 13.9. The number of alkyl halides is 1. The van der Waals surface area contributed by atoms with Crippen LogP contribution >= 0.6 is 22.6 Å². The van der Waals surface area contributed by atoms with E-state index in [9.17, 15) is 0 Å². The highest BCUT2D eigenvalue weighted by Gasteiger charge is 1.95. The number of halogens is 1. The predicted molar refractivity (Wildman–Crippen MR) is 47.6 cm³/mol. The fraction of sp³-hybridized carbons (Fsp3) is 1.00. The highest BCUT2D eigenvalue weighted by atomic mass is 127. The lowest BCUT2D eigenvalue weighted by atomic mass is 10.1. The van der Waals surface area contributed by atoms with Gasteiger partial charge in [0.25, 0.3) is 0 Å². The summed E-state index contributed by atoms with van der Waals surface area (Å²) in [4.78, 5) is 0. The van der Waals surface area contributed by atoms with Gasteiger partial charge in [-0.2, -0.15) is 0 Å². The summed E-state index contributed by atoms with van der Waals surface area (Å²) < 4.78 is 1.32. The lowest BCUT2D eigenvalue weighted by Gasteiger charge is -2.03. The largest absolute Gasteiger partial charge is 0.0861 e. The molecule has 0 aromatic carbocycles. The number of unbranched alkanes of at least 4 members (excludes halogenated alkanes) is 1. The second-order valence-corrected chi connectivity index (χ2v) is 3.28. The molecule has 0 amide bonds. The quantitative estimate of drug-likeness (QED) is 0.509. The highest BCUT2D eigenvalue weighted by molar-refractivity contribution is 14.1. The molecule has 1 atom stereocenters. The summed E-state index contributed by atoms with van der Waals surface area (Å²) in [5, 5.41) is 0. The number of rotatable bonds is 4. The van der Waals surface area contributed by atoms with Gasteiger partial charge in [0.1, 0.15) is 0 Å². The molecule has 0 rings (SSSR count). The van der Waals surface area contributed by atoms with E-state index in [4.69, 9.17) is 0 Å². The molecule has 0 saturated carbocycles. The van der Waals surface area contributed by atoms with Crippen LogP contribution in [-0.2, 0) is 0 Å². The zero-order valence-corrected chi connectivity index (χ0v) is 7.94. The first-order valence-electron chi connectivity index (χ1n) is 3.37. The van der Waals surface area contributed by atoms with Gasteiger partial charge in [-0.05, 0) is 12.3 Å². The van der Waals surface area contributed by atoms with E-state index >= 15 is 0 Å². The van der Waals surface area contributed by atoms with Crippen molar-refractivity contribution < 1.29 is 0 Å². The Hall–Kier alpha value is 0.730. The molecule has 50 valence electrons. The van der Waals surface area contributed by atoms with Crippen LogP contribution in [0.3, 0.4) is 0 Å². The minimum Gasteiger partial charge on any atom is -0.0861 e. The maximum Gasteiger partial charge on any atom is 0.00210 e. The van der Waals surface area contributed by atoms with E-state index < -0.39 is 0 Å². The second-order valence-electron chi connectivity index (χ2n) is 2.40. The second kappa shape index (κ2) is 5.86. The molecule has 0 bridgehead atoms. The van der Waals surface area contributed by atoms with Gasteiger partial charge in [-0.25, -0.2) is 0 Å². The van der Waals surface area contributed by atoms with Crippen LogP contribution in [0.4, 0.5) is 0 Å². The summed E-state index contributed by atoms with van der Waals surface area (Å²) in [6.07, 6.45) is 4.17. The van der Waals surface area contributed by atoms with Crippen molar-refractivity contribution in [2.24, 2.45) is 5.92 Å². The van der Waals surface area contributed by atoms with Gasteiger partial charge < -0.3 is 0 Å². The van der Waals surface area contributed by atoms with Crippen molar-refractivity contribution in [1.29, 1.82) is 0 Å². The molecule has 0 unspecified atom stereocenters.